The molecule has 0 aliphatic carbocycles. The van der Waals surface area contributed by atoms with Crippen molar-refractivity contribution in [1.29, 1.82) is 0 Å². The van der Waals surface area contributed by atoms with Crippen molar-refractivity contribution in [3.8, 4) is 0 Å². The van der Waals surface area contributed by atoms with Gasteiger partial charge in [0.15, 0.2) is 0 Å². The van der Waals surface area contributed by atoms with Gasteiger partial charge in [-0.15, -0.1) is 11.3 Å². The second-order valence-corrected chi connectivity index (χ2v) is 6.28. The molecule has 1 aromatic carbocycles. The monoisotopic (exact) mass is 299 g/mol. The molecule has 1 heterocycles. The highest BCUT2D eigenvalue weighted by atomic mass is 35.5. The van der Waals surface area contributed by atoms with Crippen LogP contribution in [0.4, 0.5) is 0 Å². The Morgan fingerprint density at radius 3 is 2.83 bits per heavy atom. The number of hydrogen-bond acceptors (Lipinski definition) is 2. The number of unbranched alkanes of at least 4 members (excludes halogenated alkanes) is 1. The average molecular weight is 300 g/mol. The summed E-state index contributed by atoms with van der Waals surface area (Å²) in [6.45, 7) is 2.20. The summed E-state index contributed by atoms with van der Waals surface area (Å²) in [5.74, 6) is 0. The fourth-order valence-electron chi connectivity index (χ4n) is 1.73. The lowest BCUT2D eigenvalue weighted by atomic mass is 10.1. The molecule has 18 heavy (non-hydrogen) atoms. The second kappa shape index (κ2) is 6.55. The first-order valence-corrected chi connectivity index (χ1v) is 7.63. The molecule has 0 atom stereocenters. The van der Waals surface area contributed by atoms with Crippen molar-refractivity contribution in [3.63, 3.8) is 0 Å². The van der Waals surface area contributed by atoms with Crippen LogP contribution in [-0.2, 0) is 12.8 Å². The molecule has 0 N–H and O–H groups in total. The SMILES string of the molecule is CCCCc1ncc(Cc2ccc(Cl)cc2Cl)s1. The van der Waals surface area contributed by atoms with E-state index in [1.54, 1.807) is 17.4 Å². The lowest BCUT2D eigenvalue weighted by Gasteiger charge is -2.02. The van der Waals surface area contributed by atoms with Crippen LogP contribution in [0.5, 0.6) is 0 Å². The van der Waals surface area contributed by atoms with Gasteiger partial charge in [0, 0.05) is 27.5 Å². The molecule has 4 heteroatoms. The maximum absolute atomic E-state index is 6.17. The number of rotatable bonds is 5. The topological polar surface area (TPSA) is 12.9 Å². The molecular formula is C14H15Cl2NS. The molecule has 1 aromatic heterocycles. The summed E-state index contributed by atoms with van der Waals surface area (Å²) >= 11 is 13.8. The van der Waals surface area contributed by atoms with Crippen molar-refractivity contribution in [3.05, 3.63) is 49.9 Å². The summed E-state index contributed by atoms with van der Waals surface area (Å²) < 4.78 is 0. The zero-order chi connectivity index (χ0) is 13.0. The van der Waals surface area contributed by atoms with E-state index < -0.39 is 0 Å². The number of benzene rings is 1. The molecule has 0 aliphatic heterocycles. The number of aromatic nitrogens is 1. The van der Waals surface area contributed by atoms with Gasteiger partial charge in [0.1, 0.15) is 0 Å². The minimum Gasteiger partial charge on any atom is -0.249 e. The van der Waals surface area contributed by atoms with Crippen LogP contribution in [0.3, 0.4) is 0 Å². The van der Waals surface area contributed by atoms with Crippen LogP contribution in [0.25, 0.3) is 0 Å². The Bertz CT molecular complexity index is 522. The van der Waals surface area contributed by atoms with E-state index in [1.165, 1.54) is 22.7 Å². The minimum absolute atomic E-state index is 0.677. The van der Waals surface area contributed by atoms with E-state index in [1.807, 2.05) is 18.3 Å². The van der Waals surface area contributed by atoms with E-state index in [2.05, 4.69) is 11.9 Å². The number of nitrogens with zero attached hydrogens (tertiary/aromatic N) is 1. The van der Waals surface area contributed by atoms with Gasteiger partial charge in [-0.3, -0.25) is 0 Å². The van der Waals surface area contributed by atoms with Crippen molar-refractivity contribution in [2.75, 3.05) is 0 Å². The molecule has 1 nitrogen and oxygen atoms in total. The van der Waals surface area contributed by atoms with Crippen LogP contribution in [0, 0.1) is 0 Å². The quantitative estimate of drug-likeness (QED) is 0.722. The first-order valence-electron chi connectivity index (χ1n) is 6.06. The van der Waals surface area contributed by atoms with Crippen molar-refractivity contribution >= 4 is 34.5 Å². The number of aryl methyl sites for hydroxylation is 1. The Balaban J connectivity index is 2.06. The number of halogens is 2. The van der Waals surface area contributed by atoms with E-state index in [0.29, 0.717) is 5.02 Å². The van der Waals surface area contributed by atoms with E-state index >= 15 is 0 Å². The van der Waals surface area contributed by atoms with Gasteiger partial charge in [0.05, 0.1) is 5.01 Å². The summed E-state index contributed by atoms with van der Waals surface area (Å²) in [5, 5.41) is 2.62. The molecular weight excluding hydrogens is 285 g/mol. The fraction of sp³-hybridized carbons (Fsp3) is 0.357. The smallest absolute Gasteiger partial charge is 0.0927 e. The zero-order valence-corrected chi connectivity index (χ0v) is 12.6. The maximum Gasteiger partial charge on any atom is 0.0927 e. The molecule has 0 saturated heterocycles. The summed E-state index contributed by atoms with van der Waals surface area (Å²) in [6, 6.07) is 5.65. The Hall–Kier alpha value is -0.570. The van der Waals surface area contributed by atoms with E-state index in [0.717, 1.165) is 23.4 Å². The van der Waals surface area contributed by atoms with Gasteiger partial charge in [-0.2, -0.15) is 0 Å². The largest absolute Gasteiger partial charge is 0.249 e. The molecule has 0 bridgehead atoms. The Kier molecular flexibility index (Phi) is 5.04. The molecule has 2 aromatic rings. The molecule has 0 radical (unpaired) electrons. The van der Waals surface area contributed by atoms with Gasteiger partial charge in [0.25, 0.3) is 0 Å². The standard InChI is InChI=1S/C14H15Cl2NS/c1-2-3-4-14-17-9-12(18-14)7-10-5-6-11(15)8-13(10)16/h5-6,8-9H,2-4,7H2,1H3. The Morgan fingerprint density at radius 1 is 1.28 bits per heavy atom. The van der Waals surface area contributed by atoms with Crippen LogP contribution in [0.15, 0.2) is 24.4 Å². The van der Waals surface area contributed by atoms with Gasteiger partial charge >= 0.3 is 0 Å². The molecule has 0 spiro atoms. The summed E-state index contributed by atoms with van der Waals surface area (Å²) in [5.41, 5.74) is 1.10. The normalized spacial score (nSPS) is 10.8. The van der Waals surface area contributed by atoms with Crippen LogP contribution in [-0.4, -0.2) is 4.98 Å². The van der Waals surface area contributed by atoms with Crippen molar-refractivity contribution in [1.82, 2.24) is 4.98 Å². The molecule has 0 unspecified atom stereocenters. The molecule has 0 aliphatic rings. The molecule has 96 valence electrons. The Morgan fingerprint density at radius 2 is 2.11 bits per heavy atom. The first kappa shape index (κ1) is 13.9. The number of thiazole rings is 1. The van der Waals surface area contributed by atoms with Crippen molar-refractivity contribution in [2.24, 2.45) is 0 Å². The van der Waals surface area contributed by atoms with Crippen LogP contribution in [0.1, 0.15) is 35.2 Å². The lowest BCUT2D eigenvalue weighted by Crippen LogP contribution is -1.85. The molecule has 0 saturated carbocycles. The third-order valence-electron chi connectivity index (χ3n) is 2.73. The zero-order valence-electron chi connectivity index (χ0n) is 10.2. The second-order valence-electron chi connectivity index (χ2n) is 4.24. The summed E-state index contributed by atoms with van der Waals surface area (Å²) in [6.07, 6.45) is 6.28. The number of hydrogen-bond donors (Lipinski definition) is 0. The minimum atomic E-state index is 0.677. The summed E-state index contributed by atoms with van der Waals surface area (Å²) in [7, 11) is 0. The first-order chi connectivity index (χ1) is 8.69. The van der Waals surface area contributed by atoms with Gasteiger partial charge in [-0.1, -0.05) is 42.6 Å². The van der Waals surface area contributed by atoms with Crippen LogP contribution < -0.4 is 0 Å². The maximum atomic E-state index is 6.17. The Labute approximate surface area is 122 Å². The van der Waals surface area contributed by atoms with Gasteiger partial charge in [-0.05, 0) is 30.5 Å². The van der Waals surface area contributed by atoms with Gasteiger partial charge in [-0.25, -0.2) is 4.98 Å². The average Bonchev–Trinajstić information content (AvgIpc) is 2.78. The fourth-order valence-corrected chi connectivity index (χ4v) is 3.19. The van der Waals surface area contributed by atoms with Crippen molar-refractivity contribution in [2.45, 2.75) is 32.6 Å². The third kappa shape index (κ3) is 3.71. The molecule has 2 rings (SSSR count). The highest BCUT2D eigenvalue weighted by Crippen LogP contribution is 2.25. The molecule has 0 fully saturated rings. The van der Waals surface area contributed by atoms with Gasteiger partial charge < -0.3 is 0 Å². The van der Waals surface area contributed by atoms with E-state index in [-0.39, 0.29) is 0 Å². The predicted octanol–water partition coefficient (Wildman–Crippen LogP) is 5.38. The highest BCUT2D eigenvalue weighted by molar-refractivity contribution is 7.11. The van der Waals surface area contributed by atoms with Crippen LogP contribution in [0.2, 0.25) is 10.0 Å². The van der Waals surface area contributed by atoms with Crippen LogP contribution >= 0.6 is 34.5 Å². The lowest BCUT2D eigenvalue weighted by molar-refractivity contribution is 0.790. The summed E-state index contributed by atoms with van der Waals surface area (Å²) in [4.78, 5) is 5.70. The highest BCUT2D eigenvalue weighted by Gasteiger charge is 2.06. The van der Waals surface area contributed by atoms with Crippen molar-refractivity contribution < 1.29 is 0 Å². The van der Waals surface area contributed by atoms with E-state index in [9.17, 15) is 0 Å². The molecule has 0 amide bonds. The third-order valence-corrected chi connectivity index (χ3v) is 4.37. The van der Waals surface area contributed by atoms with E-state index in [4.69, 9.17) is 23.2 Å². The van der Waals surface area contributed by atoms with Gasteiger partial charge in [0.2, 0.25) is 0 Å². The predicted molar refractivity (Wildman–Crippen MR) is 80.0 cm³/mol.